The highest BCUT2D eigenvalue weighted by atomic mass is 79.9. The van der Waals surface area contributed by atoms with Crippen molar-refractivity contribution in [2.75, 3.05) is 11.4 Å². The van der Waals surface area contributed by atoms with E-state index in [9.17, 15) is 31.1 Å². The molecule has 2 atom stereocenters. The first-order valence-electron chi connectivity index (χ1n) is 11.3. The van der Waals surface area contributed by atoms with Crippen LogP contribution in [-0.4, -0.2) is 45.9 Å². The van der Waals surface area contributed by atoms with Crippen LogP contribution in [0.4, 0.5) is 37.1 Å². The van der Waals surface area contributed by atoms with Crippen LogP contribution in [-0.2, 0) is 28.5 Å². The molecule has 0 unspecified atom stereocenters. The first-order valence-corrected chi connectivity index (χ1v) is 12.1. The number of nitrogens with zero attached hydrogens (tertiary/aromatic N) is 4. The number of hydroxylamine groups is 2. The summed E-state index contributed by atoms with van der Waals surface area (Å²) in [4.78, 5) is 27.3. The molecule has 2 heterocycles. The smallest absolute Gasteiger partial charge is 0.430 e. The second-order valence-electron chi connectivity index (χ2n) is 8.80. The molecule has 2 aromatic rings. The molecule has 1 aliphatic heterocycles. The molecular formula is C23H25BrF6N4O3. The van der Waals surface area contributed by atoms with Crippen LogP contribution in [0.3, 0.4) is 0 Å². The van der Waals surface area contributed by atoms with Crippen molar-refractivity contribution < 1.29 is 40.7 Å². The Labute approximate surface area is 217 Å². The summed E-state index contributed by atoms with van der Waals surface area (Å²) < 4.78 is 86.1. The number of benzene rings is 1. The molecule has 7 nitrogen and oxygen atoms in total. The van der Waals surface area contributed by atoms with E-state index in [2.05, 4.69) is 25.9 Å². The zero-order valence-corrected chi connectivity index (χ0v) is 21.7. The quantitative estimate of drug-likeness (QED) is 0.262. The van der Waals surface area contributed by atoms with Crippen LogP contribution in [0, 0.1) is 0 Å². The van der Waals surface area contributed by atoms with Gasteiger partial charge in [0.1, 0.15) is 0 Å². The third kappa shape index (κ3) is 7.69. The van der Waals surface area contributed by atoms with Gasteiger partial charge in [-0.15, -0.1) is 5.06 Å². The average molecular weight is 599 g/mol. The van der Waals surface area contributed by atoms with Gasteiger partial charge in [0, 0.05) is 31.0 Å². The number of aromatic nitrogens is 2. The minimum Gasteiger partial charge on any atom is -0.430 e. The van der Waals surface area contributed by atoms with Crippen LogP contribution < -0.4 is 4.90 Å². The molecule has 0 N–H and O–H groups in total. The molecule has 0 aliphatic carbocycles. The van der Waals surface area contributed by atoms with Gasteiger partial charge in [-0.25, -0.2) is 14.8 Å². The normalized spacial score (nSPS) is 18.8. The van der Waals surface area contributed by atoms with Crippen molar-refractivity contribution in [3.05, 3.63) is 51.8 Å². The lowest BCUT2D eigenvalue weighted by molar-refractivity contribution is -0.143. The monoisotopic (exact) mass is 598 g/mol. The van der Waals surface area contributed by atoms with Crippen LogP contribution >= 0.6 is 15.9 Å². The Balaban J connectivity index is 1.97. The van der Waals surface area contributed by atoms with E-state index < -0.39 is 41.8 Å². The number of alkyl halides is 6. The predicted molar refractivity (Wildman–Crippen MR) is 124 cm³/mol. The highest BCUT2D eigenvalue weighted by molar-refractivity contribution is 9.10. The number of halogens is 7. The Kier molecular flexibility index (Phi) is 8.93. The number of hydrogen-bond donors (Lipinski definition) is 0. The molecule has 1 aromatic heterocycles. The van der Waals surface area contributed by atoms with Crippen LogP contribution in [0.2, 0.25) is 0 Å². The van der Waals surface area contributed by atoms with Crippen LogP contribution in [0.1, 0.15) is 50.3 Å². The average Bonchev–Trinajstić information content (AvgIpc) is 3.18. The lowest BCUT2D eigenvalue weighted by atomic mass is 10.0. The standard InChI is InChI=1S/C23H25BrF6N4O3/c1-4-18-8-19(12-34(18)37-21(35)36-13(2)3)33(20-31-9-17(24)10-32-20)11-14-5-15(22(25,26)27)7-16(6-14)23(28,29)30/h5-7,9-10,13,18-19H,4,8,11-12H2,1-3H3/t18-,19+/m1/s1. The number of ether oxygens (including phenoxy) is 1. The lowest BCUT2D eigenvalue weighted by Gasteiger charge is -2.29. The van der Waals surface area contributed by atoms with Gasteiger partial charge in [-0.05, 0) is 66.4 Å². The summed E-state index contributed by atoms with van der Waals surface area (Å²) in [6.45, 7) is 4.93. The maximum Gasteiger partial charge on any atom is 0.528 e. The Morgan fingerprint density at radius 2 is 1.68 bits per heavy atom. The van der Waals surface area contributed by atoms with Crippen molar-refractivity contribution in [2.24, 2.45) is 0 Å². The van der Waals surface area contributed by atoms with E-state index >= 15 is 0 Å². The van der Waals surface area contributed by atoms with Gasteiger partial charge >= 0.3 is 18.5 Å². The number of rotatable bonds is 7. The van der Waals surface area contributed by atoms with Gasteiger partial charge in [-0.1, -0.05) is 6.92 Å². The molecule has 0 amide bonds. The molecule has 1 aliphatic rings. The molecule has 0 saturated carbocycles. The van der Waals surface area contributed by atoms with E-state index in [4.69, 9.17) is 9.57 Å². The van der Waals surface area contributed by atoms with Gasteiger partial charge in [0.05, 0.1) is 28.2 Å². The van der Waals surface area contributed by atoms with Crippen LogP contribution in [0.15, 0.2) is 35.1 Å². The summed E-state index contributed by atoms with van der Waals surface area (Å²) >= 11 is 3.21. The molecule has 1 fully saturated rings. The third-order valence-corrected chi connectivity index (χ3v) is 6.05. The molecule has 204 valence electrons. The van der Waals surface area contributed by atoms with E-state index in [-0.39, 0.29) is 36.7 Å². The van der Waals surface area contributed by atoms with Crippen molar-refractivity contribution in [1.82, 2.24) is 15.0 Å². The first-order chi connectivity index (χ1) is 17.2. The van der Waals surface area contributed by atoms with Crippen molar-refractivity contribution >= 4 is 28.0 Å². The SMILES string of the molecule is CC[C@@H]1C[C@H](N(Cc2cc(C(F)(F)F)cc(C(F)(F)F)c2)c2ncc(Br)cn2)CN1OC(=O)OC(C)C. The topological polar surface area (TPSA) is 67.8 Å². The molecular weight excluding hydrogens is 574 g/mol. The molecule has 0 spiro atoms. The van der Waals surface area contributed by atoms with Gasteiger partial charge < -0.3 is 14.5 Å². The van der Waals surface area contributed by atoms with Gasteiger partial charge in [0.25, 0.3) is 0 Å². The minimum absolute atomic E-state index is 0.0859. The molecule has 14 heteroatoms. The van der Waals surface area contributed by atoms with E-state index in [1.807, 2.05) is 6.92 Å². The molecule has 3 rings (SSSR count). The Morgan fingerprint density at radius 1 is 1.11 bits per heavy atom. The van der Waals surface area contributed by atoms with E-state index in [0.29, 0.717) is 29.4 Å². The van der Waals surface area contributed by atoms with Crippen molar-refractivity contribution in [3.63, 3.8) is 0 Å². The second kappa shape index (κ2) is 11.4. The number of hydrogen-bond acceptors (Lipinski definition) is 7. The molecule has 0 radical (unpaired) electrons. The molecule has 1 aromatic carbocycles. The maximum atomic E-state index is 13.4. The minimum atomic E-state index is -4.98. The summed E-state index contributed by atoms with van der Waals surface area (Å²) in [5.41, 5.74) is -3.04. The fraction of sp³-hybridized carbons (Fsp3) is 0.522. The third-order valence-electron chi connectivity index (χ3n) is 5.64. The van der Waals surface area contributed by atoms with Crippen LogP contribution in [0.25, 0.3) is 0 Å². The highest BCUT2D eigenvalue weighted by Crippen LogP contribution is 2.37. The first kappa shape index (κ1) is 29.0. The van der Waals surface area contributed by atoms with E-state index in [0.717, 1.165) is 0 Å². The van der Waals surface area contributed by atoms with Gasteiger partial charge in [-0.3, -0.25) is 0 Å². The molecule has 0 bridgehead atoms. The van der Waals surface area contributed by atoms with Gasteiger partial charge in [-0.2, -0.15) is 26.3 Å². The maximum absolute atomic E-state index is 13.4. The summed E-state index contributed by atoms with van der Waals surface area (Å²) in [7, 11) is 0. The highest BCUT2D eigenvalue weighted by Gasteiger charge is 2.40. The summed E-state index contributed by atoms with van der Waals surface area (Å²) in [6.07, 6.45) is -7.49. The largest absolute Gasteiger partial charge is 0.528 e. The Morgan fingerprint density at radius 3 is 2.16 bits per heavy atom. The van der Waals surface area contributed by atoms with Crippen LogP contribution in [0.5, 0.6) is 0 Å². The fourth-order valence-electron chi connectivity index (χ4n) is 4.00. The summed E-state index contributed by atoms with van der Waals surface area (Å²) in [5, 5.41) is 1.41. The second-order valence-corrected chi connectivity index (χ2v) is 9.72. The summed E-state index contributed by atoms with van der Waals surface area (Å²) in [5.74, 6) is 0.0978. The number of anilines is 1. The van der Waals surface area contributed by atoms with E-state index in [1.165, 1.54) is 22.4 Å². The molecule has 37 heavy (non-hydrogen) atoms. The molecule has 1 saturated heterocycles. The number of carbonyl (C=O) groups is 1. The van der Waals surface area contributed by atoms with Crippen molar-refractivity contribution in [1.29, 1.82) is 0 Å². The van der Waals surface area contributed by atoms with Crippen molar-refractivity contribution in [2.45, 2.75) is 70.7 Å². The Hall–Kier alpha value is -2.61. The van der Waals surface area contributed by atoms with E-state index in [1.54, 1.807) is 13.8 Å². The van der Waals surface area contributed by atoms with Gasteiger partial charge in [0.15, 0.2) is 0 Å². The predicted octanol–water partition coefficient (Wildman–Crippen LogP) is 6.61. The zero-order chi connectivity index (χ0) is 27.5. The zero-order valence-electron chi connectivity index (χ0n) is 20.1. The fourth-order valence-corrected chi connectivity index (χ4v) is 4.21. The number of carbonyl (C=O) groups excluding carboxylic acids is 1. The summed E-state index contributed by atoms with van der Waals surface area (Å²) in [6, 6.07) is 0.683. The van der Waals surface area contributed by atoms with Crippen molar-refractivity contribution in [3.8, 4) is 0 Å². The lowest BCUT2D eigenvalue weighted by Crippen LogP contribution is -2.39. The van der Waals surface area contributed by atoms with Gasteiger partial charge in [0.2, 0.25) is 5.95 Å². The Bertz CT molecular complexity index is 1050.